The number of hydrogen-bond acceptors (Lipinski definition) is 2. The van der Waals surface area contributed by atoms with Crippen LogP contribution in [0.1, 0.15) is 12.8 Å². The summed E-state index contributed by atoms with van der Waals surface area (Å²) in [5.74, 6) is -2.83. The average Bonchev–Trinajstić information content (AvgIpc) is 1.87. The number of hydrogen-bond donors (Lipinski definition) is 1. The number of piperidine rings is 1. The van der Waals surface area contributed by atoms with E-state index in [1.54, 1.807) is 0 Å². The Bertz CT molecular complexity index is 162. The van der Waals surface area contributed by atoms with E-state index in [0.29, 0.717) is 13.0 Å². The van der Waals surface area contributed by atoms with Crippen molar-refractivity contribution in [3.63, 3.8) is 0 Å². The zero-order valence-electron chi connectivity index (χ0n) is 5.40. The van der Waals surface area contributed by atoms with Crippen LogP contribution in [0.25, 0.3) is 0 Å². The molecule has 0 radical (unpaired) electrons. The van der Waals surface area contributed by atoms with Gasteiger partial charge in [0, 0.05) is 6.42 Å². The van der Waals surface area contributed by atoms with E-state index in [4.69, 9.17) is 5.26 Å². The van der Waals surface area contributed by atoms with Crippen LogP contribution in [-0.4, -0.2) is 18.5 Å². The molecule has 0 amide bonds. The summed E-state index contributed by atoms with van der Waals surface area (Å²) in [7, 11) is 0. The first-order valence-corrected chi connectivity index (χ1v) is 3.17. The summed E-state index contributed by atoms with van der Waals surface area (Å²) in [4.78, 5) is 0. The fourth-order valence-electron chi connectivity index (χ4n) is 1.00. The number of nitriles is 1. The lowest BCUT2D eigenvalue weighted by Gasteiger charge is -2.26. The molecule has 0 spiro atoms. The first-order valence-electron chi connectivity index (χ1n) is 3.17. The molecule has 56 valence electrons. The largest absolute Gasteiger partial charge is 0.297 e. The van der Waals surface area contributed by atoms with Gasteiger partial charge in [0.15, 0.2) is 6.04 Å². The zero-order valence-corrected chi connectivity index (χ0v) is 5.40. The second-order valence-corrected chi connectivity index (χ2v) is 2.38. The van der Waals surface area contributed by atoms with Gasteiger partial charge in [0.2, 0.25) is 0 Å². The number of alkyl halides is 2. The van der Waals surface area contributed by atoms with Gasteiger partial charge in [-0.15, -0.1) is 0 Å². The summed E-state index contributed by atoms with van der Waals surface area (Å²) in [6.07, 6.45) is 0.281. The smallest absolute Gasteiger partial charge is 0.276 e. The molecule has 0 bridgehead atoms. The van der Waals surface area contributed by atoms with Crippen molar-refractivity contribution >= 4 is 0 Å². The predicted octanol–water partition coefficient (Wildman–Crippen LogP) is 0.897. The van der Waals surface area contributed by atoms with Crippen molar-refractivity contribution < 1.29 is 8.78 Å². The monoisotopic (exact) mass is 146 g/mol. The molecule has 0 unspecified atom stereocenters. The molecule has 10 heavy (non-hydrogen) atoms. The molecular weight excluding hydrogens is 138 g/mol. The van der Waals surface area contributed by atoms with Gasteiger partial charge in [-0.25, -0.2) is 8.78 Å². The fraction of sp³-hybridized carbons (Fsp3) is 0.833. The summed E-state index contributed by atoms with van der Waals surface area (Å²) in [5, 5.41) is 10.7. The minimum absolute atomic E-state index is 0.168. The van der Waals surface area contributed by atoms with Crippen LogP contribution < -0.4 is 5.32 Å². The molecule has 1 atom stereocenters. The number of nitrogens with one attached hydrogen (secondary N) is 1. The van der Waals surface area contributed by atoms with Crippen LogP contribution in [0, 0.1) is 11.3 Å². The number of halogens is 2. The van der Waals surface area contributed by atoms with E-state index >= 15 is 0 Å². The maximum atomic E-state index is 12.6. The molecule has 4 heteroatoms. The summed E-state index contributed by atoms with van der Waals surface area (Å²) in [6, 6.07) is 0.256. The van der Waals surface area contributed by atoms with Crippen LogP contribution in [0.3, 0.4) is 0 Å². The van der Waals surface area contributed by atoms with E-state index < -0.39 is 12.0 Å². The van der Waals surface area contributed by atoms with Gasteiger partial charge in [-0.2, -0.15) is 5.26 Å². The Morgan fingerprint density at radius 3 is 2.70 bits per heavy atom. The SMILES string of the molecule is N#C[C@H]1NCCCC1(F)F. The van der Waals surface area contributed by atoms with Crippen molar-refractivity contribution in [3.05, 3.63) is 0 Å². The van der Waals surface area contributed by atoms with Gasteiger partial charge in [0.25, 0.3) is 5.92 Å². The van der Waals surface area contributed by atoms with E-state index in [1.165, 1.54) is 6.07 Å². The summed E-state index contributed by atoms with van der Waals surface area (Å²) in [5.41, 5.74) is 0. The molecule has 1 aliphatic rings. The molecule has 0 aromatic carbocycles. The molecule has 1 saturated heterocycles. The molecule has 0 aliphatic carbocycles. The maximum absolute atomic E-state index is 12.6. The lowest BCUT2D eigenvalue weighted by atomic mass is 10.0. The summed E-state index contributed by atoms with van der Waals surface area (Å²) in [6.45, 7) is 0.522. The Morgan fingerprint density at radius 1 is 1.60 bits per heavy atom. The normalized spacial score (nSPS) is 31.1. The standard InChI is InChI=1S/C6H8F2N2/c7-6(8)2-1-3-10-5(6)4-9/h5,10H,1-3H2/t5-/m1/s1. The van der Waals surface area contributed by atoms with Gasteiger partial charge >= 0.3 is 0 Å². The van der Waals surface area contributed by atoms with Gasteiger partial charge in [-0.1, -0.05) is 0 Å². The Hall–Kier alpha value is -0.690. The molecule has 2 nitrogen and oxygen atoms in total. The predicted molar refractivity (Wildman–Crippen MR) is 31.6 cm³/mol. The van der Waals surface area contributed by atoms with Gasteiger partial charge in [0.05, 0.1) is 6.07 Å². The van der Waals surface area contributed by atoms with Crippen LogP contribution in [0.2, 0.25) is 0 Å². The van der Waals surface area contributed by atoms with Gasteiger partial charge < -0.3 is 0 Å². The highest BCUT2D eigenvalue weighted by molar-refractivity contribution is 5.02. The van der Waals surface area contributed by atoms with Crippen molar-refractivity contribution in [3.8, 4) is 6.07 Å². The molecule has 1 fully saturated rings. The van der Waals surface area contributed by atoms with Crippen LogP contribution in [0.15, 0.2) is 0 Å². The lowest BCUT2D eigenvalue weighted by molar-refractivity contribution is -0.0431. The second-order valence-electron chi connectivity index (χ2n) is 2.38. The quantitative estimate of drug-likeness (QED) is 0.551. The van der Waals surface area contributed by atoms with Gasteiger partial charge in [0.1, 0.15) is 0 Å². The summed E-state index contributed by atoms with van der Waals surface area (Å²) >= 11 is 0. The lowest BCUT2D eigenvalue weighted by Crippen LogP contribution is -2.48. The molecule has 1 heterocycles. The maximum Gasteiger partial charge on any atom is 0.276 e. The van der Waals surface area contributed by atoms with E-state index in [1.807, 2.05) is 0 Å². The Kier molecular flexibility index (Phi) is 1.86. The Labute approximate surface area is 57.8 Å². The van der Waals surface area contributed by atoms with Gasteiger partial charge in [-0.05, 0) is 13.0 Å². The van der Waals surface area contributed by atoms with E-state index in [0.717, 1.165) is 0 Å². The van der Waals surface area contributed by atoms with Crippen molar-refractivity contribution in [2.24, 2.45) is 0 Å². The molecular formula is C6H8F2N2. The molecule has 0 aromatic rings. The second kappa shape index (κ2) is 2.51. The minimum atomic E-state index is -2.83. The third-order valence-electron chi connectivity index (χ3n) is 1.59. The van der Waals surface area contributed by atoms with Crippen molar-refractivity contribution in [2.75, 3.05) is 6.54 Å². The zero-order chi connectivity index (χ0) is 7.61. The first-order chi connectivity index (χ1) is 4.67. The van der Waals surface area contributed by atoms with E-state index in [2.05, 4.69) is 5.32 Å². The first kappa shape index (κ1) is 7.42. The van der Waals surface area contributed by atoms with Crippen molar-refractivity contribution in [1.82, 2.24) is 5.32 Å². The molecule has 0 aromatic heterocycles. The Balaban J connectivity index is 2.62. The highest BCUT2D eigenvalue weighted by Gasteiger charge is 2.41. The molecule has 0 saturated carbocycles. The molecule has 1 rings (SSSR count). The van der Waals surface area contributed by atoms with Crippen molar-refractivity contribution in [1.29, 1.82) is 5.26 Å². The topological polar surface area (TPSA) is 35.8 Å². The van der Waals surface area contributed by atoms with Crippen LogP contribution in [0.5, 0.6) is 0 Å². The van der Waals surface area contributed by atoms with Crippen LogP contribution >= 0.6 is 0 Å². The highest BCUT2D eigenvalue weighted by atomic mass is 19.3. The fourth-order valence-corrected chi connectivity index (χ4v) is 1.00. The van der Waals surface area contributed by atoms with Crippen molar-refractivity contribution in [2.45, 2.75) is 24.8 Å². The van der Waals surface area contributed by atoms with E-state index in [9.17, 15) is 8.78 Å². The number of nitrogens with zero attached hydrogens (tertiary/aromatic N) is 1. The average molecular weight is 146 g/mol. The highest BCUT2D eigenvalue weighted by Crippen LogP contribution is 2.27. The van der Waals surface area contributed by atoms with Gasteiger partial charge in [-0.3, -0.25) is 5.32 Å². The minimum Gasteiger partial charge on any atom is -0.297 e. The van der Waals surface area contributed by atoms with Crippen LogP contribution in [-0.2, 0) is 0 Å². The third kappa shape index (κ3) is 1.24. The van der Waals surface area contributed by atoms with Crippen LogP contribution in [0.4, 0.5) is 8.78 Å². The third-order valence-corrected chi connectivity index (χ3v) is 1.59. The molecule has 1 N–H and O–H groups in total. The van der Waals surface area contributed by atoms with E-state index in [-0.39, 0.29) is 6.42 Å². The molecule has 1 aliphatic heterocycles. The summed E-state index contributed by atoms with van der Waals surface area (Å²) < 4.78 is 25.2. The number of rotatable bonds is 0. The Morgan fingerprint density at radius 2 is 2.30 bits per heavy atom.